The number of allylic oxidation sites excluding steroid dienone is 9. The Balaban J connectivity index is 1.55. The van der Waals surface area contributed by atoms with Crippen LogP contribution in [0.25, 0.3) is 5.57 Å². The molecule has 0 bridgehead atoms. The van der Waals surface area contributed by atoms with Gasteiger partial charge >= 0.3 is 0 Å². The van der Waals surface area contributed by atoms with E-state index in [2.05, 4.69) is 74.7 Å². The van der Waals surface area contributed by atoms with E-state index in [1.807, 2.05) is 0 Å². The fraction of sp³-hybridized carbons (Fsp3) is 0.292. The van der Waals surface area contributed by atoms with E-state index in [1.165, 1.54) is 33.6 Å². The Morgan fingerprint density at radius 2 is 1.96 bits per heavy atom. The van der Waals surface area contributed by atoms with Gasteiger partial charge in [-0.1, -0.05) is 68.5 Å². The standard InChI is InChI=1S/C24H23N/c1-24(2)21-10-6-5-9-19(21)20-12-11-17(13-22(20)24)23-14-16-7-3-4-8-18(16)15-25-23/h3-10,13,15-16H,11-12,14H2,1-2H3. The van der Waals surface area contributed by atoms with Gasteiger partial charge in [0.05, 0.1) is 0 Å². The predicted molar refractivity (Wildman–Crippen MR) is 106 cm³/mol. The van der Waals surface area contributed by atoms with E-state index in [0.29, 0.717) is 5.92 Å². The molecule has 0 N–H and O–H groups in total. The van der Waals surface area contributed by atoms with Gasteiger partial charge in [0.15, 0.2) is 0 Å². The second-order valence-electron chi connectivity index (χ2n) is 7.99. The topological polar surface area (TPSA) is 12.4 Å². The highest BCUT2D eigenvalue weighted by Gasteiger charge is 2.38. The lowest BCUT2D eigenvalue weighted by atomic mass is 9.77. The lowest BCUT2D eigenvalue weighted by Crippen LogP contribution is -2.20. The Kier molecular flexibility index (Phi) is 3.15. The van der Waals surface area contributed by atoms with Crippen LogP contribution < -0.4 is 0 Å². The molecule has 4 aliphatic rings. The smallest absolute Gasteiger partial charge is 0.0445 e. The number of rotatable bonds is 1. The molecule has 0 radical (unpaired) electrons. The first-order chi connectivity index (χ1) is 12.1. The maximum atomic E-state index is 4.83. The molecule has 1 aromatic carbocycles. The molecule has 0 fully saturated rings. The van der Waals surface area contributed by atoms with Crippen LogP contribution in [-0.4, -0.2) is 5.71 Å². The summed E-state index contributed by atoms with van der Waals surface area (Å²) in [5.74, 6) is 0.502. The molecule has 0 spiro atoms. The Labute approximate surface area is 149 Å². The van der Waals surface area contributed by atoms with Crippen molar-refractivity contribution in [3.05, 3.63) is 88.7 Å². The highest BCUT2D eigenvalue weighted by molar-refractivity contribution is 6.03. The van der Waals surface area contributed by atoms with Crippen molar-refractivity contribution < 1.29 is 0 Å². The zero-order chi connectivity index (χ0) is 17.0. The number of hydrogen-bond acceptors (Lipinski definition) is 1. The Morgan fingerprint density at radius 1 is 1.08 bits per heavy atom. The molecule has 0 saturated carbocycles. The Morgan fingerprint density at radius 3 is 2.88 bits per heavy atom. The number of hydrogen-bond donors (Lipinski definition) is 0. The van der Waals surface area contributed by atoms with Crippen molar-refractivity contribution in [2.75, 3.05) is 0 Å². The maximum Gasteiger partial charge on any atom is 0.0445 e. The third-order valence-electron chi connectivity index (χ3n) is 6.21. The lowest BCUT2D eigenvalue weighted by Gasteiger charge is -2.28. The van der Waals surface area contributed by atoms with Crippen molar-refractivity contribution in [2.24, 2.45) is 10.9 Å². The van der Waals surface area contributed by atoms with E-state index in [1.54, 1.807) is 5.57 Å². The van der Waals surface area contributed by atoms with E-state index in [4.69, 9.17) is 4.99 Å². The van der Waals surface area contributed by atoms with Gasteiger partial charge in [0.2, 0.25) is 0 Å². The summed E-state index contributed by atoms with van der Waals surface area (Å²) < 4.78 is 0. The van der Waals surface area contributed by atoms with Gasteiger partial charge in [-0.05, 0) is 46.3 Å². The third-order valence-corrected chi connectivity index (χ3v) is 6.21. The van der Waals surface area contributed by atoms with Crippen molar-refractivity contribution in [1.82, 2.24) is 0 Å². The van der Waals surface area contributed by atoms with Crippen LogP contribution in [0.3, 0.4) is 0 Å². The summed E-state index contributed by atoms with van der Waals surface area (Å²) in [5, 5.41) is 0. The Bertz CT molecular complexity index is 944. The van der Waals surface area contributed by atoms with E-state index in [0.717, 1.165) is 19.3 Å². The fourth-order valence-electron chi connectivity index (χ4n) is 4.78. The monoisotopic (exact) mass is 325 g/mol. The van der Waals surface area contributed by atoms with Gasteiger partial charge < -0.3 is 0 Å². The number of benzene rings is 1. The van der Waals surface area contributed by atoms with Crippen LogP contribution in [0.5, 0.6) is 0 Å². The second-order valence-corrected chi connectivity index (χ2v) is 7.99. The molecule has 1 nitrogen and oxygen atoms in total. The molecular formula is C24H23N. The van der Waals surface area contributed by atoms with Crippen molar-refractivity contribution in [3.8, 4) is 0 Å². The molecule has 0 saturated heterocycles. The zero-order valence-corrected chi connectivity index (χ0v) is 14.9. The summed E-state index contributed by atoms with van der Waals surface area (Å²) in [6.45, 7) is 4.73. The summed E-state index contributed by atoms with van der Waals surface area (Å²) in [7, 11) is 0. The number of aliphatic imine (C=N–C) groups is 1. The average Bonchev–Trinajstić information content (AvgIpc) is 2.89. The molecule has 1 aliphatic heterocycles. The van der Waals surface area contributed by atoms with E-state index < -0.39 is 0 Å². The van der Waals surface area contributed by atoms with Gasteiger partial charge in [0, 0.05) is 29.7 Å². The van der Waals surface area contributed by atoms with Crippen LogP contribution in [0.4, 0.5) is 0 Å². The van der Waals surface area contributed by atoms with Crippen molar-refractivity contribution in [2.45, 2.75) is 38.5 Å². The normalized spacial score (nSPS) is 25.7. The quantitative estimate of drug-likeness (QED) is 0.607. The van der Waals surface area contributed by atoms with E-state index in [-0.39, 0.29) is 5.41 Å². The fourth-order valence-corrected chi connectivity index (χ4v) is 4.78. The summed E-state index contributed by atoms with van der Waals surface area (Å²) in [5.41, 5.74) is 10.2. The van der Waals surface area contributed by atoms with Crippen LogP contribution in [0, 0.1) is 5.92 Å². The summed E-state index contributed by atoms with van der Waals surface area (Å²) in [4.78, 5) is 4.83. The molecule has 1 heterocycles. The van der Waals surface area contributed by atoms with Gasteiger partial charge in [-0.2, -0.15) is 0 Å². The second kappa shape index (κ2) is 5.29. The van der Waals surface area contributed by atoms with E-state index >= 15 is 0 Å². The maximum absolute atomic E-state index is 4.83. The van der Waals surface area contributed by atoms with Crippen molar-refractivity contribution >= 4 is 11.3 Å². The van der Waals surface area contributed by atoms with Crippen LogP contribution >= 0.6 is 0 Å². The van der Waals surface area contributed by atoms with Crippen LogP contribution in [0.2, 0.25) is 0 Å². The van der Waals surface area contributed by atoms with Crippen LogP contribution in [-0.2, 0) is 5.41 Å². The largest absolute Gasteiger partial charge is 0.261 e. The van der Waals surface area contributed by atoms with Crippen LogP contribution in [0.15, 0.2) is 82.6 Å². The van der Waals surface area contributed by atoms with Crippen molar-refractivity contribution in [1.29, 1.82) is 0 Å². The van der Waals surface area contributed by atoms with E-state index in [9.17, 15) is 0 Å². The summed E-state index contributed by atoms with van der Waals surface area (Å²) in [6.07, 6.45) is 16.6. The molecule has 25 heavy (non-hydrogen) atoms. The highest BCUT2D eigenvalue weighted by Crippen LogP contribution is 2.51. The summed E-state index contributed by atoms with van der Waals surface area (Å²) in [6, 6.07) is 8.94. The first-order valence-corrected chi connectivity index (χ1v) is 9.30. The zero-order valence-electron chi connectivity index (χ0n) is 14.9. The van der Waals surface area contributed by atoms with Crippen LogP contribution in [0.1, 0.15) is 44.2 Å². The van der Waals surface area contributed by atoms with Gasteiger partial charge in [0.1, 0.15) is 0 Å². The molecule has 1 heteroatoms. The first kappa shape index (κ1) is 14.9. The molecule has 1 unspecified atom stereocenters. The molecule has 5 rings (SSSR count). The number of fused-ring (bicyclic) bond motifs is 3. The molecular weight excluding hydrogens is 302 g/mol. The minimum absolute atomic E-state index is 0.0985. The van der Waals surface area contributed by atoms with Gasteiger partial charge in [-0.3, -0.25) is 4.99 Å². The van der Waals surface area contributed by atoms with Gasteiger partial charge in [-0.15, -0.1) is 0 Å². The third kappa shape index (κ3) is 2.18. The predicted octanol–water partition coefficient (Wildman–Crippen LogP) is 5.92. The highest BCUT2D eigenvalue weighted by atomic mass is 14.7. The summed E-state index contributed by atoms with van der Waals surface area (Å²) >= 11 is 0. The molecule has 0 amide bonds. The molecule has 0 aromatic heterocycles. The minimum Gasteiger partial charge on any atom is -0.261 e. The molecule has 3 aliphatic carbocycles. The minimum atomic E-state index is 0.0985. The van der Waals surface area contributed by atoms with Crippen molar-refractivity contribution in [3.63, 3.8) is 0 Å². The SMILES string of the molecule is CC1(C)C2=C(CCC(C3=NC=C4C=CC=CC4C3)=C2)c2ccccc21. The van der Waals surface area contributed by atoms with Gasteiger partial charge in [0.25, 0.3) is 0 Å². The van der Waals surface area contributed by atoms with Gasteiger partial charge in [-0.25, -0.2) is 0 Å². The number of nitrogens with zero attached hydrogens (tertiary/aromatic N) is 1. The molecule has 1 atom stereocenters. The molecule has 124 valence electrons. The molecule has 1 aromatic rings. The Hall–Kier alpha value is -2.41. The lowest BCUT2D eigenvalue weighted by molar-refractivity contribution is 0.650. The average molecular weight is 325 g/mol. The first-order valence-electron chi connectivity index (χ1n) is 9.30.